The lowest BCUT2D eigenvalue weighted by Crippen LogP contribution is -2.16. The van der Waals surface area contributed by atoms with Gasteiger partial charge in [-0.1, -0.05) is 17.7 Å². The Bertz CT molecular complexity index is 312. The van der Waals surface area contributed by atoms with E-state index in [1.165, 1.54) is 7.11 Å². The normalized spacial score (nSPS) is 9.86. The summed E-state index contributed by atoms with van der Waals surface area (Å²) in [6, 6.07) is 6.90. The molecule has 4 heteroatoms. The number of ether oxygens (including phenoxy) is 2. The summed E-state index contributed by atoms with van der Waals surface area (Å²) in [7, 11) is 1.47. The first-order chi connectivity index (χ1) is 6.72. The number of hydrogen-bond acceptors (Lipinski definition) is 3. The molecular formula is C10H11ClO3. The van der Waals surface area contributed by atoms with Crippen LogP contribution in [0.1, 0.15) is 0 Å². The van der Waals surface area contributed by atoms with Crippen molar-refractivity contribution in [2.24, 2.45) is 0 Å². The van der Waals surface area contributed by atoms with Crippen molar-refractivity contribution >= 4 is 17.4 Å². The second-order valence-corrected chi connectivity index (χ2v) is 3.15. The van der Waals surface area contributed by atoms with E-state index in [0.29, 0.717) is 10.8 Å². The minimum absolute atomic E-state index is 0.00812. The van der Waals surface area contributed by atoms with E-state index in [4.69, 9.17) is 16.3 Å². The van der Waals surface area contributed by atoms with Crippen LogP contribution in [0.15, 0.2) is 24.3 Å². The van der Waals surface area contributed by atoms with E-state index < -0.39 is 0 Å². The summed E-state index contributed by atoms with van der Waals surface area (Å²) < 4.78 is 9.85. The summed E-state index contributed by atoms with van der Waals surface area (Å²) in [5, 5.41) is 0.585. The summed E-state index contributed by atoms with van der Waals surface area (Å²) in [4.78, 5) is 11.0. The van der Waals surface area contributed by atoms with E-state index >= 15 is 0 Å². The zero-order valence-corrected chi connectivity index (χ0v) is 8.58. The van der Waals surface area contributed by atoms with Gasteiger partial charge >= 0.3 is 0 Å². The molecule has 0 spiro atoms. The molecule has 0 atom stereocenters. The van der Waals surface area contributed by atoms with Crippen LogP contribution in [0, 0.1) is 0 Å². The third-order valence-corrected chi connectivity index (χ3v) is 1.74. The SMILES string of the molecule is COCC(=O)COc1cccc(Cl)c1. The number of hydrogen-bond donors (Lipinski definition) is 0. The van der Waals surface area contributed by atoms with E-state index in [1.807, 2.05) is 0 Å². The molecule has 0 aliphatic carbocycles. The van der Waals surface area contributed by atoms with Crippen LogP contribution in [0.2, 0.25) is 5.02 Å². The highest BCUT2D eigenvalue weighted by atomic mass is 35.5. The van der Waals surface area contributed by atoms with Crippen LogP contribution in [-0.2, 0) is 9.53 Å². The molecule has 0 aromatic heterocycles. The zero-order valence-electron chi connectivity index (χ0n) is 7.83. The third kappa shape index (κ3) is 3.77. The van der Waals surface area contributed by atoms with E-state index in [9.17, 15) is 4.79 Å². The minimum atomic E-state index is -0.104. The van der Waals surface area contributed by atoms with Crippen molar-refractivity contribution < 1.29 is 14.3 Å². The summed E-state index contributed by atoms with van der Waals surface area (Å²) in [5.41, 5.74) is 0. The van der Waals surface area contributed by atoms with Gasteiger partial charge in [0.25, 0.3) is 0 Å². The number of ketones is 1. The van der Waals surface area contributed by atoms with Crippen molar-refractivity contribution in [2.75, 3.05) is 20.3 Å². The highest BCUT2D eigenvalue weighted by Crippen LogP contribution is 2.16. The van der Waals surface area contributed by atoms with Gasteiger partial charge < -0.3 is 9.47 Å². The van der Waals surface area contributed by atoms with Crippen molar-refractivity contribution in [3.8, 4) is 5.75 Å². The fourth-order valence-corrected chi connectivity index (χ4v) is 1.10. The van der Waals surface area contributed by atoms with Crippen LogP contribution in [0.5, 0.6) is 5.75 Å². The molecule has 1 rings (SSSR count). The molecule has 76 valence electrons. The Balaban J connectivity index is 2.41. The van der Waals surface area contributed by atoms with Gasteiger partial charge in [-0.15, -0.1) is 0 Å². The molecule has 0 bridgehead atoms. The van der Waals surface area contributed by atoms with Crippen molar-refractivity contribution in [1.29, 1.82) is 0 Å². The smallest absolute Gasteiger partial charge is 0.195 e. The van der Waals surface area contributed by atoms with Crippen LogP contribution >= 0.6 is 11.6 Å². The molecule has 3 nitrogen and oxygen atoms in total. The lowest BCUT2D eigenvalue weighted by atomic mass is 10.3. The van der Waals surface area contributed by atoms with Gasteiger partial charge in [0.05, 0.1) is 0 Å². The number of rotatable bonds is 5. The van der Waals surface area contributed by atoms with Gasteiger partial charge in [-0.3, -0.25) is 4.79 Å². The molecule has 0 radical (unpaired) electrons. The first-order valence-electron chi connectivity index (χ1n) is 4.11. The Kier molecular flexibility index (Phi) is 4.43. The maximum absolute atomic E-state index is 11.0. The summed E-state index contributed by atoms with van der Waals surface area (Å²) in [6.45, 7) is 0.0781. The maximum Gasteiger partial charge on any atom is 0.195 e. The van der Waals surface area contributed by atoms with Crippen LogP contribution in [0.25, 0.3) is 0 Å². The quantitative estimate of drug-likeness (QED) is 0.752. The van der Waals surface area contributed by atoms with Crippen molar-refractivity contribution in [3.63, 3.8) is 0 Å². The van der Waals surface area contributed by atoms with Crippen LogP contribution in [0.4, 0.5) is 0 Å². The largest absolute Gasteiger partial charge is 0.486 e. The fraction of sp³-hybridized carbons (Fsp3) is 0.300. The topological polar surface area (TPSA) is 35.5 Å². The molecule has 0 unspecified atom stereocenters. The Morgan fingerprint density at radius 2 is 2.21 bits per heavy atom. The number of methoxy groups -OCH3 is 1. The van der Waals surface area contributed by atoms with Gasteiger partial charge in [0.2, 0.25) is 0 Å². The van der Waals surface area contributed by atoms with Crippen molar-refractivity contribution in [3.05, 3.63) is 29.3 Å². The second-order valence-electron chi connectivity index (χ2n) is 2.72. The molecule has 0 N–H and O–H groups in total. The zero-order chi connectivity index (χ0) is 10.4. The Morgan fingerprint density at radius 1 is 1.43 bits per heavy atom. The lowest BCUT2D eigenvalue weighted by Gasteiger charge is -2.04. The number of carbonyl (C=O) groups is 1. The Hall–Kier alpha value is -1.06. The van der Waals surface area contributed by atoms with Gasteiger partial charge in [0.1, 0.15) is 19.0 Å². The first-order valence-corrected chi connectivity index (χ1v) is 4.49. The molecule has 14 heavy (non-hydrogen) atoms. The standard InChI is InChI=1S/C10H11ClO3/c1-13-6-9(12)7-14-10-4-2-3-8(11)5-10/h2-5H,6-7H2,1H3. The van der Waals surface area contributed by atoms with Crippen LogP contribution in [0.3, 0.4) is 0 Å². The highest BCUT2D eigenvalue weighted by molar-refractivity contribution is 6.30. The molecule has 0 heterocycles. The van der Waals surface area contributed by atoms with Crippen molar-refractivity contribution in [2.45, 2.75) is 0 Å². The van der Waals surface area contributed by atoms with E-state index in [1.54, 1.807) is 24.3 Å². The van der Waals surface area contributed by atoms with Gasteiger partial charge in [0.15, 0.2) is 5.78 Å². The van der Waals surface area contributed by atoms with Gasteiger partial charge in [0, 0.05) is 12.1 Å². The minimum Gasteiger partial charge on any atom is -0.486 e. The number of Topliss-reactive ketones (excluding diaryl/α,β-unsaturated/α-hetero) is 1. The molecule has 0 saturated carbocycles. The maximum atomic E-state index is 11.0. The molecule has 0 aliphatic heterocycles. The van der Waals surface area contributed by atoms with Gasteiger partial charge in [-0.25, -0.2) is 0 Å². The molecule has 0 saturated heterocycles. The Labute approximate surface area is 87.6 Å². The third-order valence-electron chi connectivity index (χ3n) is 1.50. The predicted molar refractivity (Wildman–Crippen MR) is 53.8 cm³/mol. The molecule has 1 aromatic carbocycles. The summed E-state index contributed by atoms with van der Waals surface area (Å²) in [6.07, 6.45) is 0. The van der Waals surface area contributed by atoms with E-state index in [0.717, 1.165) is 0 Å². The molecule has 0 fully saturated rings. The predicted octanol–water partition coefficient (Wildman–Crippen LogP) is 1.93. The van der Waals surface area contributed by atoms with Gasteiger partial charge in [-0.2, -0.15) is 0 Å². The molecular weight excluding hydrogens is 204 g/mol. The van der Waals surface area contributed by atoms with Crippen LogP contribution in [-0.4, -0.2) is 26.1 Å². The monoisotopic (exact) mass is 214 g/mol. The average molecular weight is 215 g/mol. The Morgan fingerprint density at radius 3 is 2.86 bits per heavy atom. The first kappa shape index (κ1) is 11.0. The highest BCUT2D eigenvalue weighted by Gasteiger charge is 2.02. The average Bonchev–Trinajstić information content (AvgIpc) is 2.15. The number of halogens is 1. The van der Waals surface area contributed by atoms with Crippen molar-refractivity contribution in [1.82, 2.24) is 0 Å². The summed E-state index contributed by atoms with van der Waals surface area (Å²) >= 11 is 5.73. The second kappa shape index (κ2) is 5.62. The molecule has 1 aromatic rings. The fourth-order valence-electron chi connectivity index (χ4n) is 0.923. The number of carbonyl (C=O) groups excluding carboxylic acids is 1. The van der Waals surface area contributed by atoms with E-state index in [2.05, 4.69) is 4.74 Å². The molecule has 0 aliphatic rings. The number of benzene rings is 1. The van der Waals surface area contributed by atoms with Crippen LogP contribution < -0.4 is 4.74 Å². The van der Waals surface area contributed by atoms with E-state index in [-0.39, 0.29) is 19.0 Å². The summed E-state index contributed by atoms with van der Waals surface area (Å²) in [5.74, 6) is 0.481. The lowest BCUT2D eigenvalue weighted by molar-refractivity contribution is -0.124. The molecule has 0 amide bonds. The van der Waals surface area contributed by atoms with Gasteiger partial charge in [-0.05, 0) is 18.2 Å².